The van der Waals surface area contributed by atoms with Crippen LogP contribution in [0.4, 0.5) is 0 Å². The van der Waals surface area contributed by atoms with Crippen LogP contribution in [0.2, 0.25) is 0 Å². The van der Waals surface area contributed by atoms with Gasteiger partial charge in [-0.2, -0.15) is 8.42 Å². The molecule has 7 nitrogen and oxygen atoms in total. The van der Waals surface area contributed by atoms with Gasteiger partial charge in [0, 0.05) is 163 Å². The second kappa shape index (κ2) is 12.6. The summed E-state index contributed by atoms with van der Waals surface area (Å²) in [6.07, 6.45) is 0.198. The Morgan fingerprint density at radius 2 is 1.56 bits per heavy atom. The van der Waals surface area contributed by atoms with Crippen molar-refractivity contribution in [3.8, 4) is 11.5 Å². The van der Waals surface area contributed by atoms with Crippen molar-refractivity contribution in [1.29, 1.82) is 0 Å². The molecule has 1 unspecified atom stereocenters. The van der Waals surface area contributed by atoms with Crippen LogP contribution in [0.5, 0.6) is 11.5 Å². The zero-order valence-corrected chi connectivity index (χ0v) is 23.7. The van der Waals surface area contributed by atoms with E-state index in [9.17, 15) is 13.2 Å². The average Bonchev–Trinajstić information content (AvgIpc) is 2.79. The van der Waals surface area contributed by atoms with E-state index in [1.54, 1.807) is 19.9 Å². The van der Waals surface area contributed by atoms with Gasteiger partial charge in [-0.05, 0) is 95.3 Å². The summed E-state index contributed by atoms with van der Waals surface area (Å²) in [6, 6.07) is 9.45. The fraction of sp³-hybridized carbons (Fsp3) is 0.536. The SMILES string of the molecule is COC(=O)[C@H](Cc1ccc(OC(C)Cc2ccc(OS(=O)(=O)C(C)C)c(C)c2C)c(C)c1)OC(C)C.[HH].[HH].[HH].[HH].[HH].[HH].[HH].[HH].[HH].[HH].[HH].[HH].[HH].[HH].[HH].[HH].[HH].[HH].[HH].[HH].[HH].[HH].[HH].[HH].[HH].[HH].[HH].[HH].[HH].[HH].[HH].[HH].[HH].[HH].[HH].[HH].[HH].[HH].[HH].[HH].[HH].[HH].[HH].[HH].[HH].[HH].[HH].[HH].[HH].[HH].[HH].[HH].[HH].[HH].[HH].[HH].[HH].[HH].[HH].[HH].[HH].[HH].[HH].[HH].[HH].[HH].[HH].[HH].[HH].[HH].[HH].[HH].[HH].[HH].[HH].[HH].[HH].[HH].[HH].[HH].[HH].[HH].[HH].[HH].[HH].[HH].[HH].[HH].[HH].[HH].[HH].[HH].[HH].[HH].[HH].[HH].[HH].[HH].[HH].[HH].[HH].[HH].[HH].[HH].[HH]. The van der Waals surface area contributed by atoms with Gasteiger partial charge in [0.2, 0.25) is 0 Å². The number of hydrogen-bond donors (Lipinski definition) is 0. The monoisotopic (exact) mass is 732 g/mol. The molecule has 0 aliphatic carbocycles. The van der Waals surface area contributed by atoms with Crippen LogP contribution in [0.1, 0.15) is 212 Å². The predicted molar refractivity (Wildman–Crippen MR) is 363 cm³/mol. The predicted octanol–water partition coefficient (Wildman–Crippen LogP) is 31.1. The minimum absolute atomic E-state index is 0. The summed E-state index contributed by atoms with van der Waals surface area (Å²) in [5.41, 5.74) is 4.77. The maximum atomic E-state index is 12.2. The maximum absolute atomic E-state index is 12.2. The summed E-state index contributed by atoms with van der Waals surface area (Å²) in [5.74, 6) is 0.735. The van der Waals surface area contributed by atoms with Gasteiger partial charge in [-0.3, -0.25) is 0 Å². The van der Waals surface area contributed by atoms with E-state index in [1.165, 1.54) is 7.11 Å². The maximum Gasteiger partial charge on any atom is 0.335 e. The molecule has 0 aliphatic heterocycles. The van der Waals surface area contributed by atoms with Crippen molar-refractivity contribution in [1.82, 2.24) is 0 Å². The van der Waals surface area contributed by atoms with E-state index >= 15 is 0 Å². The van der Waals surface area contributed by atoms with Gasteiger partial charge in [-0.15, -0.1) is 0 Å². The number of ether oxygens (including phenoxy) is 3. The molecule has 0 aliphatic rings. The first-order valence-electron chi connectivity index (χ1n) is 12.3. The molecule has 0 amide bonds. The lowest BCUT2D eigenvalue weighted by atomic mass is 9.98. The normalized spacial score (nSPS) is 13.5. The molecule has 8 heteroatoms. The Kier molecular flexibility index (Phi) is 10.4. The lowest BCUT2D eigenvalue weighted by molar-refractivity contribution is -0.156. The molecule has 0 saturated heterocycles. The molecule has 2 aromatic rings. The Balaban J connectivity index is -0.00000000128. The second-order valence-electron chi connectivity index (χ2n) is 9.73. The Bertz CT molecular complexity index is 1270. The second-order valence-corrected chi connectivity index (χ2v) is 11.8. The summed E-state index contributed by atoms with van der Waals surface area (Å²) in [7, 11) is -2.29. The molecule has 0 bridgehead atoms. The van der Waals surface area contributed by atoms with Crippen molar-refractivity contribution in [2.45, 2.75) is 91.8 Å². The number of esters is 1. The highest BCUT2D eigenvalue weighted by atomic mass is 32.2. The number of methoxy groups -OCH3 is 1. The molecular weight excluding hydrogens is 480 g/mol. The van der Waals surface area contributed by atoms with Gasteiger partial charge in [0.15, 0.2) is 6.10 Å². The third-order valence-corrected chi connectivity index (χ3v) is 7.60. The molecular formula is C28H250O7S. The summed E-state index contributed by atoms with van der Waals surface area (Å²) in [6.45, 7) is 14.8. The number of benzene rings is 2. The van der Waals surface area contributed by atoms with E-state index in [2.05, 4.69) is 0 Å². The van der Waals surface area contributed by atoms with Gasteiger partial charge in [-0.25, -0.2) is 4.79 Å². The highest BCUT2D eigenvalue weighted by Crippen LogP contribution is 2.28. The molecule has 2 rings (SSSR count). The fourth-order valence-electron chi connectivity index (χ4n) is 3.78. The number of hydrogen-bond acceptors (Lipinski definition) is 7. The van der Waals surface area contributed by atoms with Gasteiger partial charge in [0.1, 0.15) is 11.5 Å². The first kappa shape index (κ1) is 29.6. The van der Waals surface area contributed by atoms with Gasteiger partial charge in [0.25, 0.3) is 0 Å². The van der Waals surface area contributed by atoms with E-state index in [4.69, 9.17) is 18.4 Å². The Morgan fingerprint density at radius 1 is 0.917 bits per heavy atom. The first-order valence-corrected chi connectivity index (χ1v) is 13.7. The molecule has 0 spiro atoms. The molecule has 410 valence electrons. The Labute approximate surface area is 372 Å². The topological polar surface area (TPSA) is 88.1 Å². The van der Waals surface area contributed by atoms with Crippen LogP contribution < -0.4 is 8.92 Å². The zero-order valence-electron chi connectivity index (χ0n) is 22.9. The van der Waals surface area contributed by atoms with Crippen molar-refractivity contribution in [2.75, 3.05) is 7.11 Å². The number of carbonyl (C=O) groups is 1. The largest absolute Gasteiger partial charge is 0.490 e. The van der Waals surface area contributed by atoms with Crippen molar-refractivity contribution in [3.05, 3.63) is 58.1 Å². The lowest BCUT2D eigenvalue weighted by Crippen LogP contribution is -2.30. The summed E-state index contributed by atoms with van der Waals surface area (Å²) in [4.78, 5) is 12.1. The molecule has 0 N–H and O–H groups in total. The molecule has 0 aromatic heterocycles. The zero-order chi connectivity index (χ0) is 27.2. The minimum Gasteiger partial charge on any atom is -0.490 e. The van der Waals surface area contributed by atoms with Crippen LogP contribution in [0.3, 0.4) is 0 Å². The highest BCUT2D eigenvalue weighted by Gasteiger charge is 2.23. The molecule has 0 radical (unpaired) electrons. The fourth-order valence-corrected chi connectivity index (χ4v) is 4.41. The lowest BCUT2D eigenvalue weighted by Gasteiger charge is -2.21. The summed E-state index contributed by atoms with van der Waals surface area (Å²) >= 11 is 0. The van der Waals surface area contributed by atoms with Crippen molar-refractivity contribution < 1.29 is 181 Å². The Morgan fingerprint density at radius 3 is 2.11 bits per heavy atom. The summed E-state index contributed by atoms with van der Waals surface area (Å²) in [5, 5.41) is -0.617. The third-order valence-electron chi connectivity index (χ3n) is 6.03. The molecule has 36 heavy (non-hydrogen) atoms. The number of aryl methyl sites for hydroxylation is 1. The van der Waals surface area contributed by atoms with Crippen molar-refractivity contribution >= 4 is 16.1 Å². The smallest absolute Gasteiger partial charge is 0.335 e. The Hall–Kier alpha value is -2.58. The first-order chi connectivity index (χ1) is 16.7. The van der Waals surface area contributed by atoms with Crippen LogP contribution >= 0.6 is 0 Å². The highest BCUT2D eigenvalue weighted by molar-refractivity contribution is 7.87. The number of carbonyl (C=O) groups excluding carboxylic acids is 1. The average molecular weight is 732 g/mol. The van der Waals surface area contributed by atoms with Crippen LogP contribution in [0, 0.1) is 20.8 Å². The molecule has 2 atom stereocenters. The van der Waals surface area contributed by atoms with Crippen LogP contribution in [-0.2, 0) is 37.2 Å². The summed E-state index contributed by atoms with van der Waals surface area (Å²) < 4.78 is 46.5. The van der Waals surface area contributed by atoms with Gasteiger partial charge in [-0.1, -0.05) is 18.2 Å². The molecule has 0 saturated carbocycles. The molecule has 0 fully saturated rings. The van der Waals surface area contributed by atoms with Crippen LogP contribution in [-0.4, -0.2) is 45.1 Å². The third kappa shape index (κ3) is 7.96. The van der Waals surface area contributed by atoms with E-state index in [-0.39, 0.29) is 168 Å². The van der Waals surface area contributed by atoms with E-state index in [1.807, 2.05) is 65.8 Å². The standard InChI is InChI=1S/C28H40O7S.105H2/c1-17(2)33-27(28(29)32-9)16-23-10-12-25(19(5)14-23)34-20(6)15-24-11-13-26(22(8)21(24)7)35-36(30,31)18(3)4;;;;;;;;;;;;;;;;;;;;;;;;;;;;;;;;;;;;;;;;;;;;;;;;;;;;;;;;;;;;;;;;;;;;;;;;;;;;;;;;;;;;;;;;;;;;;;;;;;;;;;;;;/h10-14,17-18,20,27H,15-16H2,1-9H3;105*1H/t20?,27-;;;;;;;;;;;;;;;;;;;;;;;;;;;;;;;;;;;;;;;;;;;;;;;;;;;;;;;;;;;;;;;;;;;;;;;;;;;;;;;;;;;;;;;;;;;;;;;;;;;;;;;;;/m0........................................................................................................./s1. The van der Waals surface area contributed by atoms with Crippen molar-refractivity contribution in [3.63, 3.8) is 0 Å². The van der Waals surface area contributed by atoms with Crippen LogP contribution in [0.15, 0.2) is 30.3 Å². The van der Waals surface area contributed by atoms with Gasteiger partial charge >= 0.3 is 16.1 Å². The van der Waals surface area contributed by atoms with Crippen molar-refractivity contribution in [2.24, 2.45) is 0 Å². The molecule has 2 aromatic carbocycles. The van der Waals surface area contributed by atoms with Gasteiger partial charge < -0.3 is 18.4 Å². The molecule has 0 heterocycles. The quantitative estimate of drug-likeness (QED) is 0.159. The van der Waals surface area contributed by atoms with E-state index in [0.717, 1.165) is 33.6 Å². The van der Waals surface area contributed by atoms with E-state index in [0.29, 0.717) is 18.6 Å². The number of rotatable bonds is 12. The van der Waals surface area contributed by atoms with Crippen LogP contribution in [0.25, 0.3) is 0 Å². The van der Waals surface area contributed by atoms with E-state index < -0.39 is 21.5 Å². The minimum atomic E-state index is -3.65. The van der Waals surface area contributed by atoms with Gasteiger partial charge in [0.05, 0.1) is 24.6 Å².